The van der Waals surface area contributed by atoms with Crippen LogP contribution in [0.2, 0.25) is 0 Å². The van der Waals surface area contributed by atoms with E-state index in [4.69, 9.17) is 0 Å². The number of nitrogens with zero attached hydrogens (tertiary/aromatic N) is 3. The lowest BCUT2D eigenvalue weighted by Gasteiger charge is -2.19. The maximum absolute atomic E-state index is 10.8. The molecule has 140 valence electrons. The van der Waals surface area contributed by atoms with Gasteiger partial charge in [0.15, 0.2) is 0 Å². The van der Waals surface area contributed by atoms with E-state index in [-0.39, 0.29) is 0 Å². The van der Waals surface area contributed by atoms with Crippen LogP contribution >= 0.6 is 0 Å². The number of hydrogen-bond donors (Lipinski definition) is 3. The Morgan fingerprint density at radius 2 is 1.78 bits per heavy atom. The molecule has 1 heterocycles. The minimum Gasteiger partial charge on any atom is -0.755 e. The van der Waals surface area contributed by atoms with Crippen molar-refractivity contribution in [2.45, 2.75) is 0 Å². The molecule has 0 aliphatic rings. The summed E-state index contributed by atoms with van der Waals surface area (Å²) >= 11 is -2.38. The number of aromatic nitrogens is 2. The highest BCUT2D eigenvalue weighted by atomic mass is 32.2. The van der Waals surface area contributed by atoms with E-state index in [2.05, 4.69) is 25.3 Å². The summed E-state index contributed by atoms with van der Waals surface area (Å²) in [6.45, 7) is 0. The number of benzene rings is 2. The van der Waals surface area contributed by atoms with Crippen molar-refractivity contribution in [1.29, 1.82) is 0 Å². The van der Waals surface area contributed by atoms with Crippen molar-refractivity contribution in [3.8, 4) is 0 Å². The van der Waals surface area contributed by atoms with E-state index in [9.17, 15) is 8.76 Å². The molecular formula is C18H19N6O2S-. The lowest BCUT2D eigenvalue weighted by Crippen LogP contribution is -2.12. The Labute approximate surface area is 160 Å². The van der Waals surface area contributed by atoms with Crippen molar-refractivity contribution in [2.24, 2.45) is 0 Å². The molecule has 1 atom stereocenters. The quantitative estimate of drug-likeness (QED) is 0.538. The second kappa shape index (κ2) is 8.47. The molecule has 3 aromatic rings. The Morgan fingerprint density at radius 3 is 2.48 bits per heavy atom. The molecule has 0 aliphatic heterocycles. The molecule has 2 aromatic carbocycles. The van der Waals surface area contributed by atoms with Crippen molar-refractivity contribution in [3.05, 3.63) is 60.8 Å². The van der Waals surface area contributed by atoms with Crippen LogP contribution in [0.1, 0.15) is 0 Å². The summed E-state index contributed by atoms with van der Waals surface area (Å²) in [6, 6.07) is 16.6. The van der Waals surface area contributed by atoms with Crippen LogP contribution in [0.4, 0.5) is 34.5 Å². The molecule has 0 fully saturated rings. The zero-order chi connectivity index (χ0) is 19.2. The zero-order valence-corrected chi connectivity index (χ0v) is 15.7. The molecule has 0 amide bonds. The number of anilines is 6. The van der Waals surface area contributed by atoms with Crippen LogP contribution in [0.3, 0.4) is 0 Å². The van der Waals surface area contributed by atoms with Gasteiger partial charge in [-0.1, -0.05) is 6.07 Å². The summed E-state index contributed by atoms with van der Waals surface area (Å²) < 4.78 is 23.8. The molecule has 0 bridgehead atoms. The Kier molecular flexibility index (Phi) is 5.84. The highest BCUT2D eigenvalue weighted by Gasteiger charge is 2.07. The van der Waals surface area contributed by atoms with Gasteiger partial charge in [0.25, 0.3) is 0 Å². The van der Waals surface area contributed by atoms with E-state index in [1.165, 1.54) is 0 Å². The van der Waals surface area contributed by atoms with Crippen LogP contribution in [0.5, 0.6) is 0 Å². The third kappa shape index (κ3) is 4.93. The molecule has 0 radical (unpaired) electrons. The topological polar surface area (TPSA) is 105 Å². The van der Waals surface area contributed by atoms with E-state index in [0.717, 1.165) is 17.2 Å². The third-order valence-corrected chi connectivity index (χ3v) is 4.25. The van der Waals surface area contributed by atoms with Gasteiger partial charge < -0.3 is 24.8 Å². The van der Waals surface area contributed by atoms with Gasteiger partial charge in [0.2, 0.25) is 5.95 Å². The van der Waals surface area contributed by atoms with Crippen LogP contribution in [0.15, 0.2) is 60.8 Å². The summed E-state index contributed by atoms with van der Waals surface area (Å²) in [5.74, 6) is 1.13. The van der Waals surface area contributed by atoms with E-state index >= 15 is 0 Å². The lowest BCUT2D eigenvalue weighted by molar-refractivity contribution is 0.542. The van der Waals surface area contributed by atoms with Crippen LogP contribution in [-0.4, -0.2) is 32.8 Å². The van der Waals surface area contributed by atoms with E-state index < -0.39 is 11.3 Å². The molecule has 1 aromatic heterocycles. The first-order chi connectivity index (χ1) is 13.0. The zero-order valence-electron chi connectivity index (χ0n) is 14.8. The van der Waals surface area contributed by atoms with Gasteiger partial charge in [-0.05, 0) is 48.5 Å². The van der Waals surface area contributed by atoms with Gasteiger partial charge in [-0.25, -0.2) is 4.98 Å². The molecule has 9 heteroatoms. The number of nitrogens with one attached hydrogen (secondary N) is 3. The second-order valence-corrected chi connectivity index (χ2v) is 6.31. The van der Waals surface area contributed by atoms with Gasteiger partial charge in [0.05, 0.1) is 0 Å². The molecule has 0 saturated carbocycles. The summed E-state index contributed by atoms with van der Waals surface area (Å²) in [5.41, 5.74) is 3.14. The number of rotatable bonds is 7. The SMILES string of the molecule is CNc1ccc(N(C)c2ccnc(Nc3cccc(NS(=O)[O-])c3)n2)cc1. The van der Waals surface area contributed by atoms with Crippen molar-refractivity contribution in [1.82, 2.24) is 9.97 Å². The van der Waals surface area contributed by atoms with Gasteiger partial charge in [0.1, 0.15) is 5.82 Å². The standard InChI is InChI=1S/C18H20N6O2S/c1-19-13-6-8-16(9-7-13)24(2)17-10-11-20-18(22-17)21-14-4-3-5-15(12-14)23-27(25)26/h3-12,19,23H,1-2H3,(H,25,26)(H,20,21,22)/p-1. The third-order valence-electron chi connectivity index (χ3n) is 3.85. The molecule has 0 saturated heterocycles. The van der Waals surface area contributed by atoms with Gasteiger partial charge in [-0.2, -0.15) is 4.98 Å². The molecular weight excluding hydrogens is 364 g/mol. The monoisotopic (exact) mass is 383 g/mol. The van der Waals surface area contributed by atoms with Crippen molar-refractivity contribution < 1.29 is 8.76 Å². The molecule has 3 rings (SSSR count). The van der Waals surface area contributed by atoms with E-state index in [1.807, 2.05) is 49.3 Å². The predicted octanol–water partition coefficient (Wildman–Crippen LogP) is 3.24. The molecule has 0 aliphatic carbocycles. The Bertz CT molecular complexity index is 935. The largest absolute Gasteiger partial charge is 0.755 e. The van der Waals surface area contributed by atoms with Crippen molar-refractivity contribution >= 4 is 45.8 Å². The Balaban J connectivity index is 1.77. The van der Waals surface area contributed by atoms with Crippen LogP contribution < -0.4 is 20.3 Å². The van der Waals surface area contributed by atoms with Gasteiger partial charge in [0, 0.05) is 54.3 Å². The minimum absolute atomic E-state index is 0.409. The first-order valence-electron chi connectivity index (χ1n) is 8.13. The first-order valence-corrected chi connectivity index (χ1v) is 9.20. The van der Waals surface area contributed by atoms with Crippen molar-refractivity contribution in [3.63, 3.8) is 0 Å². The summed E-state index contributed by atoms with van der Waals surface area (Å²) in [6.07, 6.45) is 1.66. The summed E-state index contributed by atoms with van der Waals surface area (Å²) in [7, 11) is 3.80. The average Bonchev–Trinajstić information content (AvgIpc) is 2.67. The normalized spacial score (nSPS) is 11.5. The van der Waals surface area contributed by atoms with E-state index in [0.29, 0.717) is 17.3 Å². The predicted molar refractivity (Wildman–Crippen MR) is 108 cm³/mol. The minimum atomic E-state index is -2.38. The first kappa shape index (κ1) is 18.6. The fourth-order valence-corrected chi connectivity index (χ4v) is 2.79. The van der Waals surface area contributed by atoms with Crippen molar-refractivity contribution in [2.75, 3.05) is 34.4 Å². The van der Waals surface area contributed by atoms with Crippen LogP contribution in [0, 0.1) is 0 Å². The molecule has 1 unspecified atom stereocenters. The van der Waals surface area contributed by atoms with Crippen LogP contribution in [-0.2, 0) is 11.3 Å². The summed E-state index contributed by atoms with van der Waals surface area (Å²) in [4.78, 5) is 10.7. The smallest absolute Gasteiger partial charge is 0.229 e. The highest BCUT2D eigenvalue weighted by molar-refractivity contribution is 7.80. The average molecular weight is 383 g/mol. The Hall–Kier alpha value is -3.17. The maximum Gasteiger partial charge on any atom is 0.229 e. The van der Waals surface area contributed by atoms with Crippen LogP contribution in [0.25, 0.3) is 0 Å². The van der Waals surface area contributed by atoms with Gasteiger partial charge in [-0.15, -0.1) is 0 Å². The lowest BCUT2D eigenvalue weighted by atomic mass is 10.2. The fraction of sp³-hybridized carbons (Fsp3) is 0.111. The second-order valence-electron chi connectivity index (χ2n) is 5.64. The molecule has 0 spiro atoms. The maximum atomic E-state index is 10.8. The van der Waals surface area contributed by atoms with Gasteiger partial charge >= 0.3 is 0 Å². The Morgan fingerprint density at radius 1 is 1.04 bits per heavy atom. The van der Waals surface area contributed by atoms with E-state index in [1.54, 1.807) is 30.5 Å². The van der Waals surface area contributed by atoms with Gasteiger partial charge in [-0.3, -0.25) is 4.21 Å². The molecule has 27 heavy (non-hydrogen) atoms. The fourth-order valence-electron chi connectivity index (χ4n) is 2.47. The molecule has 8 nitrogen and oxygen atoms in total. The summed E-state index contributed by atoms with van der Waals surface area (Å²) in [5, 5.41) is 6.17. The highest BCUT2D eigenvalue weighted by Crippen LogP contribution is 2.25. The molecule has 3 N–H and O–H groups in total. The number of hydrogen-bond acceptors (Lipinski definition) is 7.